The quantitative estimate of drug-likeness (QED) is 0.268. The van der Waals surface area contributed by atoms with Crippen molar-refractivity contribution in [3.8, 4) is 34.0 Å². The number of amides is 1. The van der Waals surface area contributed by atoms with Gasteiger partial charge in [0, 0.05) is 54.8 Å². The lowest BCUT2D eigenvalue weighted by Crippen LogP contribution is -2.36. The fourth-order valence-electron chi connectivity index (χ4n) is 5.50. The van der Waals surface area contributed by atoms with Crippen LogP contribution in [0.25, 0.3) is 33.4 Å². The van der Waals surface area contributed by atoms with Gasteiger partial charge in [0.25, 0.3) is 0 Å². The maximum atomic E-state index is 11.8. The number of nitrogens with one attached hydrogen (secondary N) is 1. The van der Waals surface area contributed by atoms with Crippen LogP contribution in [0, 0.1) is 6.92 Å². The van der Waals surface area contributed by atoms with E-state index in [2.05, 4.69) is 60.6 Å². The van der Waals surface area contributed by atoms with E-state index >= 15 is 0 Å². The van der Waals surface area contributed by atoms with E-state index in [4.69, 9.17) is 10.5 Å². The number of fused-ring (bicyclic) bond motifs is 1. The average Bonchev–Trinajstić information content (AvgIpc) is 3.56. The number of benzene rings is 2. The van der Waals surface area contributed by atoms with Crippen LogP contribution in [0.1, 0.15) is 12.1 Å². The molecule has 0 radical (unpaired) electrons. The van der Waals surface area contributed by atoms with Crippen LogP contribution in [0.4, 0.5) is 11.5 Å². The summed E-state index contributed by atoms with van der Waals surface area (Å²) in [7, 11) is 2.00. The third-order valence-electron chi connectivity index (χ3n) is 7.43. The Hall–Kier alpha value is -5.18. The lowest BCUT2D eigenvalue weighted by molar-refractivity contribution is -0.117. The van der Waals surface area contributed by atoms with E-state index in [1.54, 1.807) is 0 Å². The second-order valence-corrected chi connectivity index (χ2v) is 10.2. The second kappa shape index (κ2) is 10.8. The molecule has 0 spiro atoms. The molecular formula is C32H31N7O2. The number of rotatable bonds is 7. The van der Waals surface area contributed by atoms with Crippen molar-refractivity contribution in [2.24, 2.45) is 7.05 Å². The summed E-state index contributed by atoms with van der Waals surface area (Å²) in [5, 5.41) is 3.82. The van der Waals surface area contributed by atoms with Crippen molar-refractivity contribution in [1.29, 1.82) is 0 Å². The van der Waals surface area contributed by atoms with Crippen molar-refractivity contribution in [2.75, 3.05) is 23.7 Å². The van der Waals surface area contributed by atoms with Crippen LogP contribution < -0.4 is 20.7 Å². The Morgan fingerprint density at radius 2 is 1.90 bits per heavy atom. The molecular weight excluding hydrogens is 514 g/mol. The molecule has 206 valence electrons. The first-order valence-corrected chi connectivity index (χ1v) is 13.5. The van der Waals surface area contributed by atoms with E-state index in [9.17, 15) is 4.79 Å². The van der Waals surface area contributed by atoms with Gasteiger partial charge in [0.05, 0.1) is 11.1 Å². The molecule has 6 rings (SSSR count). The first-order valence-electron chi connectivity index (χ1n) is 13.5. The van der Waals surface area contributed by atoms with Gasteiger partial charge in [-0.15, -0.1) is 0 Å². The fourth-order valence-corrected chi connectivity index (χ4v) is 5.50. The first-order chi connectivity index (χ1) is 19.9. The highest BCUT2D eigenvalue weighted by atomic mass is 16.5. The molecule has 41 heavy (non-hydrogen) atoms. The number of pyridine rings is 1. The van der Waals surface area contributed by atoms with Gasteiger partial charge in [-0.2, -0.15) is 0 Å². The second-order valence-electron chi connectivity index (χ2n) is 10.2. The number of anilines is 2. The van der Waals surface area contributed by atoms with Gasteiger partial charge in [-0.3, -0.25) is 4.79 Å². The maximum absolute atomic E-state index is 11.8. The lowest BCUT2D eigenvalue weighted by atomic mass is 9.98. The summed E-state index contributed by atoms with van der Waals surface area (Å²) >= 11 is 0. The predicted molar refractivity (Wildman–Crippen MR) is 162 cm³/mol. The molecule has 0 saturated carbocycles. The van der Waals surface area contributed by atoms with Crippen LogP contribution >= 0.6 is 0 Å². The summed E-state index contributed by atoms with van der Waals surface area (Å²) < 4.78 is 8.06. The lowest BCUT2D eigenvalue weighted by Gasteiger charge is -2.20. The SMILES string of the molecule is C=CC(=O)NC1CCN(c2cccc(-c3c(-c4ccc(Oc5cccc(C)n5)cc4)c4c(N)ncnc4n3C)c2)C1. The monoisotopic (exact) mass is 545 g/mol. The Bertz CT molecular complexity index is 1760. The Morgan fingerprint density at radius 3 is 2.68 bits per heavy atom. The molecule has 1 amide bonds. The highest BCUT2D eigenvalue weighted by Gasteiger charge is 2.25. The van der Waals surface area contributed by atoms with Gasteiger partial charge in [-0.25, -0.2) is 15.0 Å². The Morgan fingerprint density at radius 1 is 1.10 bits per heavy atom. The molecule has 3 N–H and O–H groups in total. The third kappa shape index (κ3) is 5.09. The maximum Gasteiger partial charge on any atom is 0.243 e. The number of hydrogen-bond donors (Lipinski definition) is 2. The molecule has 2 aromatic carbocycles. The third-order valence-corrected chi connectivity index (χ3v) is 7.43. The van der Waals surface area contributed by atoms with Gasteiger partial charge in [0.1, 0.15) is 23.5 Å². The molecule has 3 aromatic heterocycles. The van der Waals surface area contributed by atoms with Crippen molar-refractivity contribution in [1.82, 2.24) is 24.8 Å². The predicted octanol–water partition coefficient (Wildman–Crippen LogP) is 5.26. The molecule has 1 aliphatic rings. The topological polar surface area (TPSA) is 111 Å². The number of hydrogen-bond acceptors (Lipinski definition) is 7. The molecule has 0 aliphatic carbocycles. The zero-order chi connectivity index (χ0) is 28.5. The number of nitrogens with zero attached hydrogens (tertiary/aromatic N) is 5. The van der Waals surface area contributed by atoms with Gasteiger partial charge >= 0.3 is 0 Å². The number of aryl methyl sites for hydroxylation is 2. The van der Waals surface area contributed by atoms with Crippen LogP contribution in [-0.4, -0.2) is 44.6 Å². The van der Waals surface area contributed by atoms with Crippen LogP contribution in [0.2, 0.25) is 0 Å². The summed E-state index contributed by atoms with van der Waals surface area (Å²) in [5.74, 6) is 1.52. The van der Waals surface area contributed by atoms with Gasteiger partial charge in [-0.1, -0.05) is 36.9 Å². The van der Waals surface area contributed by atoms with Crippen molar-refractivity contribution < 1.29 is 9.53 Å². The van der Waals surface area contributed by atoms with Crippen molar-refractivity contribution in [3.05, 3.63) is 91.4 Å². The minimum Gasteiger partial charge on any atom is -0.439 e. The van der Waals surface area contributed by atoms with Crippen molar-refractivity contribution >= 4 is 28.4 Å². The highest BCUT2D eigenvalue weighted by Crippen LogP contribution is 2.42. The van der Waals surface area contributed by atoms with E-state index in [-0.39, 0.29) is 11.9 Å². The molecule has 1 atom stereocenters. The van der Waals surface area contributed by atoms with Gasteiger partial charge in [0.15, 0.2) is 0 Å². The number of ether oxygens (including phenoxy) is 1. The average molecular weight is 546 g/mol. The first kappa shape index (κ1) is 26.1. The van der Waals surface area contributed by atoms with Crippen LogP contribution in [-0.2, 0) is 11.8 Å². The van der Waals surface area contributed by atoms with E-state index < -0.39 is 0 Å². The van der Waals surface area contributed by atoms with Gasteiger partial charge in [-0.05, 0) is 55.3 Å². The fraction of sp³-hybridized carbons (Fsp3) is 0.188. The van der Waals surface area contributed by atoms with Crippen molar-refractivity contribution in [2.45, 2.75) is 19.4 Å². The van der Waals surface area contributed by atoms with Crippen LogP contribution in [0.15, 0.2) is 85.7 Å². The van der Waals surface area contributed by atoms with Crippen LogP contribution in [0.3, 0.4) is 0 Å². The van der Waals surface area contributed by atoms with Gasteiger partial charge in [0.2, 0.25) is 11.8 Å². The molecule has 1 unspecified atom stereocenters. The van der Waals surface area contributed by atoms with Crippen LogP contribution in [0.5, 0.6) is 11.6 Å². The number of carbonyl (C=O) groups excluding carboxylic acids is 1. The molecule has 1 saturated heterocycles. The Kier molecular flexibility index (Phi) is 6.84. The molecule has 1 aliphatic heterocycles. The normalized spacial score (nSPS) is 14.8. The smallest absolute Gasteiger partial charge is 0.243 e. The summed E-state index contributed by atoms with van der Waals surface area (Å²) in [6.07, 6.45) is 3.69. The van der Waals surface area contributed by atoms with Crippen molar-refractivity contribution in [3.63, 3.8) is 0 Å². The molecule has 9 nitrogen and oxygen atoms in total. The molecule has 1 fully saturated rings. The van der Waals surface area contributed by atoms with E-state index in [1.807, 2.05) is 56.4 Å². The summed E-state index contributed by atoms with van der Waals surface area (Å²) in [6, 6.07) is 22.1. The Balaban J connectivity index is 1.39. The molecule has 5 aromatic rings. The van der Waals surface area contributed by atoms with E-state index in [0.29, 0.717) is 17.4 Å². The largest absolute Gasteiger partial charge is 0.439 e. The number of carbonyl (C=O) groups is 1. The minimum absolute atomic E-state index is 0.0862. The molecule has 4 heterocycles. The van der Waals surface area contributed by atoms with Gasteiger partial charge < -0.3 is 25.3 Å². The number of nitrogen functional groups attached to an aromatic ring is 1. The minimum atomic E-state index is -0.143. The summed E-state index contributed by atoms with van der Waals surface area (Å²) in [4.78, 5) is 27.4. The zero-order valence-electron chi connectivity index (χ0n) is 23.0. The summed E-state index contributed by atoms with van der Waals surface area (Å²) in [6.45, 7) is 7.08. The number of aromatic nitrogens is 4. The highest BCUT2D eigenvalue weighted by molar-refractivity contribution is 6.07. The molecule has 0 bridgehead atoms. The Labute approximate surface area is 238 Å². The molecule has 9 heteroatoms. The van der Waals surface area contributed by atoms with E-state index in [0.717, 1.165) is 64.3 Å². The van der Waals surface area contributed by atoms with E-state index in [1.165, 1.54) is 12.4 Å². The summed E-state index contributed by atoms with van der Waals surface area (Å²) in [5.41, 5.74) is 13.1. The standard InChI is InChI=1S/C32H31N7O2/c1-4-26(40)37-23-15-16-39(18-23)24-9-6-8-22(17-24)30-28(29-31(33)34-19-35-32(29)38(30)3)21-11-13-25(14-12-21)41-27-10-5-7-20(2)36-27/h4-14,17,19,23H,1,15-16,18H2,2-3H3,(H,37,40)(H2,33,34,35). The number of nitrogens with two attached hydrogens (primary N) is 1. The zero-order valence-corrected chi connectivity index (χ0v) is 23.0.